The van der Waals surface area contributed by atoms with Gasteiger partial charge in [0, 0.05) is 25.6 Å². The second-order valence-electron chi connectivity index (χ2n) is 2.70. The topological polar surface area (TPSA) is 12.9 Å². The van der Waals surface area contributed by atoms with Crippen molar-refractivity contribution in [1.29, 1.82) is 0 Å². The Morgan fingerprint density at radius 1 is 1.07 bits per heavy atom. The van der Waals surface area contributed by atoms with E-state index in [0.717, 1.165) is 24.3 Å². The maximum Gasteiger partial charge on any atom is 0.0857 e. The Kier molecular flexibility index (Phi) is 3.17. The molecule has 1 aromatic heterocycles. The van der Waals surface area contributed by atoms with Crippen molar-refractivity contribution in [3.63, 3.8) is 0 Å². The number of hydrogen-bond acceptors (Lipinski definition) is 1. The Morgan fingerprint density at radius 2 is 1.79 bits per heavy atom. The molecule has 0 aliphatic carbocycles. The molecule has 0 unspecified atom stereocenters. The average Bonchev–Trinajstić information content (AvgIpc) is 2.12. The van der Waals surface area contributed by atoms with Gasteiger partial charge in [0.25, 0.3) is 0 Å². The number of benzene rings is 1. The molecule has 14 heavy (non-hydrogen) atoms. The van der Waals surface area contributed by atoms with E-state index in [-0.39, 0.29) is 0 Å². The van der Waals surface area contributed by atoms with Gasteiger partial charge in [0.05, 0.1) is 9.99 Å². The Labute approximate surface area is 111 Å². The predicted molar refractivity (Wildman–Crippen MR) is 69.9 cm³/mol. The molecule has 1 heterocycles. The SMILES string of the molecule is Clc1cc(Br)c2ncc(Br)c(Br)c2c1. The summed E-state index contributed by atoms with van der Waals surface area (Å²) < 4.78 is 2.78. The molecule has 0 saturated heterocycles. The van der Waals surface area contributed by atoms with Gasteiger partial charge in [-0.2, -0.15) is 0 Å². The van der Waals surface area contributed by atoms with Gasteiger partial charge in [0.2, 0.25) is 0 Å². The fourth-order valence-electron chi connectivity index (χ4n) is 1.17. The van der Waals surface area contributed by atoms with Crippen molar-refractivity contribution in [2.24, 2.45) is 0 Å². The summed E-state index contributed by atoms with van der Waals surface area (Å²) in [6.45, 7) is 0. The van der Waals surface area contributed by atoms with E-state index in [1.54, 1.807) is 6.20 Å². The normalized spacial score (nSPS) is 10.9. The maximum absolute atomic E-state index is 5.95. The van der Waals surface area contributed by atoms with Gasteiger partial charge in [0.15, 0.2) is 0 Å². The van der Waals surface area contributed by atoms with E-state index in [0.29, 0.717) is 5.02 Å². The zero-order chi connectivity index (χ0) is 10.3. The third kappa shape index (κ3) is 1.85. The highest BCUT2D eigenvalue weighted by Crippen LogP contribution is 2.35. The number of aromatic nitrogens is 1. The van der Waals surface area contributed by atoms with Crippen LogP contribution in [0.1, 0.15) is 0 Å². The van der Waals surface area contributed by atoms with E-state index in [2.05, 4.69) is 52.8 Å². The molecular formula is C9H3Br3ClN. The van der Waals surface area contributed by atoms with Crippen LogP contribution in [0.5, 0.6) is 0 Å². The quantitative estimate of drug-likeness (QED) is 0.594. The molecule has 0 aliphatic rings. The fourth-order valence-corrected chi connectivity index (χ4v) is 2.80. The Morgan fingerprint density at radius 3 is 2.50 bits per heavy atom. The molecule has 2 rings (SSSR count). The summed E-state index contributed by atoms with van der Waals surface area (Å²) in [4.78, 5) is 4.30. The van der Waals surface area contributed by atoms with Crippen molar-refractivity contribution in [3.8, 4) is 0 Å². The summed E-state index contributed by atoms with van der Waals surface area (Å²) in [6, 6.07) is 3.71. The summed E-state index contributed by atoms with van der Waals surface area (Å²) in [5.74, 6) is 0. The smallest absolute Gasteiger partial charge is 0.0857 e. The Balaban J connectivity index is 2.95. The van der Waals surface area contributed by atoms with E-state index < -0.39 is 0 Å². The monoisotopic (exact) mass is 397 g/mol. The van der Waals surface area contributed by atoms with Crippen molar-refractivity contribution < 1.29 is 0 Å². The van der Waals surface area contributed by atoms with E-state index in [4.69, 9.17) is 11.6 Å². The number of fused-ring (bicyclic) bond motifs is 1. The largest absolute Gasteiger partial charge is 0.254 e. The van der Waals surface area contributed by atoms with Gasteiger partial charge in [-0.25, -0.2) is 0 Å². The first-order chi connectivity index (χ1) is 6.59. The molecule has 0 fully saturated rings. The Bertz CT molecular complexity index is 513. The molecule has 0 spiro atoms. The second kappa shape index (κ2) is 4.08. The highest BCUT2D eigenvalue weighted by atomic mass is 79.9. The molecule has 0 amide bonds. The number of pyridine rings is 1. The van der Waals surface area contributed by atoms with Gasteiger partial charge < -0.3 is 0 Å². The minimum atomic E-state index is 0.685. The summed E-state index contributed by atoms with van der Waals surface area (Å²) in [6.07, 6.45) is 1.76. The second-order valence-corrected chi connectivity index (χ2v) is 5.64. The summed E-state index contributed by atoms with van der Waals surface area (Å²) in [5, 5.41) is 1.67. The first-order valence-electron chi connectivity index (χ1n) is 3.68. The van der Waals surface area contributed by atoms with Crippen LogP contribution in [-0.2, 0) is 0 Å². The number of rotatable bonds is 0. The van der Waals surface area contributed by atoms with Crippen LogP contribution in [0.2, 0.25) is 5.02 Å². The van der Waals surface area contributed by atoms with Crippen LogP contribution < -0.4 is 0 Å². The van der Waals surface area contributed by atoms with Crippen molar-refractivity contribution in [2.45, 2.75) is 0 Å². The lowest BCUT2D eigenvalue weighted by Crippen LogP contribution is -1.83. The molecule has 0 aliphatic heterocycles. The van der Waals surface area contributed by atoms with Gasteiger partial charge in [-0.05, 0) is 59.9 Å². The average molecular weight is 400 g/mol. The molecule has 72 valence electrons. The highest BCUT2D eigenvalue weighted by Gasteiger charge is 2.08. The summed E-state index contributed by atoms with van der Waals surface area (Å²) in [7, 11) is 0. The molecule has 0 radical (unpaired) electrons. The minimum Gasteiger partial charge on any atom is -0.254 e. The fraction of sp³-hybridized carbons (Fsp3) is 0. The van der Waals surface area contributed by atoms with Gasteiger partial charge in [-0.15, -0.1) is 0 Å². The third-order valence-electron chi connectivity index (χ3n) is 1.78. The molecular weight excluding hydrogens is 397 g/mol. The molecule has 5 heteroatoms. The zero-order valence-electron chi connectivity index (χ0n) is 6.69. The lowest BCUT2D eigenvalue weighted by Gasteiger charge is -2.04. The van der Waals surface area contributed by atoms with Crippen LogP contribution in [0.25, 0.3) is 10.9 Å². The molecule has 1 nitrogen and oxygen atoms in total. The van der Waals surface area contributed by atoms with Crippen LogP contribution in [-0.4, -0.2) is 4.98 Å². The lowest BCUT2D eigenvalue weighted by molar-refractivity contribution is 1.37. The van der Waals surface area contributed by atoms with E-state index >= 15 is 0 Å². The van der Waals surface area contributed by atoms with Gasteiger partial charge >= 0.3 is 0 Å². The molecule has 0 atom stereocenters. The lowest BCUT2D eigenvalue weighted by atomic mass is 10.2. The van der Waals surface area contributed by atoms with Crippen LogP contribution >= 0.6 is 59.4 Å². The number of halogens is 4. The predicted octanol–water partition coefficient (Wildman–Crippen LogP) is 5.18. The minimum absolute atomic E-state index is 0.685. The summed E-state index contributed by atoms with van der Waals surface area (Å²) >= 11 is 16.3. The van der Waals surface area contributed by atoms with E-state index in [1.165, 1.54) is 0 Å². The van der Waals surface area contributed by atoms with Crippen LogP contribution in [0.15, 0.2) is 31.7 Å². The number of nitrogens with zero attached hydrogens (tertiary/aromatic N) is 1. The van der Waals surface area contributed by atoms with Crippen molar-refractivity contribution in [2.75, 3.05) is 0 Å². The van der Waals surface area contributed by atoms with E-state index in [9.17, 15) is 0 Å². The third-order valence-corrected chi connectivity index (χ3v) is 4.59. The van der Waals surface area contributed by atoms with Gasteiger partial charge in [-0.1, -0.05) is 11.6 Å². The first-order valence-corrected chi connectivity index (χ1v) is 6.44. The zero-order valence-corrected chi connectivity index (χ0v) is 12.2. The van der Waals surface area contributed by atoms with Crippen LogP contribution in [0.4, 0.5) is 0 Å². The van der Waals surface area contributed by atoms with Gasteiger partial charge in [-0.3, -0.25) is 4.98 Å². The number of hydrogen-bond donors (Lipinski definition) is 0. The molecule has 0 saturated carbocycles. The molecule has 0 bridgehead atoms. The molecule has 0 N–H and O–H groups in total. The van der Waals surface area contributed by atoms with Gasteiger partial charge in [0.1, 0.15) is 0 Å². The first kappa shape index (κ1) is 10.9. The van der Waals surface area contributed by atoms with Crippen molar-refractivity contribution in [3.05, 3.63) is 36.8 Å². The standard InChI is InChI=1S/C9H3Br3ClN/c10-6-2-4(13)1-5-8(12)7(11)3-14-9(5)6/h1-3H. The van der Waals surface area contributed by atoms with Crippen LogP contribution in [0.3, 0.4) is 0 Å². The highest BCUT2D eigenvalue weighted by molar-refractivity contribution is 9.13. The summed E-state index contributed by atoms with van der Waals surface area (Å²) in [5.41, 5.74) is 0.893. The Hall–Kier alpha value is 0.360. The van der Waals surface area contributed by atoms with Crippen LogP contribution in [0, 0.1) is 0 Å². The van der Waals surface area contributed by atoms with E-state index in [1.807, 2.05) is 12.1 Å². The van der Waals surface area contributed by atoms with Crippen molar-refractivity contribution in [1.82, 2.24) is 4.98 Å². The van der Waals surface area contributed by atoms with Crippen molar-refractivity contribution >= 4 is 70.3 Å². The molecule has 2 aromatic rings. The molecule has 1 aromatic carbocycles. The maximum atomic E-state index is 5.95.